The molecule has 0 unspecified atom stereocenters. The van der Waals surface area contributed by atoms with Crippen LogP contribution in [-0.2, 0) is 4.79 Å². The van der Waals surface area contributed by atoms with Gasteiger partial charge in [0.05, 0.1) is 0 Å². The minimum Gasteiger partial charge on any atom is -0.289 e. The van der Waals surface area contributed by atoms with E-state index >= 15 is 0 Å². The Kier molecular flexibility index (Phi) is 5.76. The topological polar surface area (TPSA) is 66.4 Å². The fourth-order valence-electron chi connectivity index (χ4n) is 1.97. The first kappa shape index (κ1) is 17.3. The molecule has 2 rings (SSSR count). The molecule has 0 saturated carbocycles. The summed E-state index contributed by atoms with van der Waals surface area (Å²) in [5, 5.41) is 8.38. The van der Waals surface area contributed by atoms with Crippen LogP contribution in [0, 0.1) is 12.7 Å². The maximum atomic E-state index is 14.0. The zero-order chi connectivity index (χ0) is 17.5. The first-order chi connectivity index (χ1) is 11.5. The van der Waals surface area contributed by atoms with Crippen LogP contribution >= 0.6 is 0 Å². The number of ketones is 1. The molecule has 4 nitrogen and oxygen atoms in total. The highest BCUT2D eigenvalue weighted by Gasteiger charge is 2.03. The van der Waals surface area contributed by atoms with Crippen molar-refractivity contribution in [2.45, 2.75) is 6.92 Å². The molecule has 2 N–H and O–H groups in total. The van der Waals surface area contributed by atoms with Crippen LogP contribution in [0.4, 0.5) is 4.39 Å². The summed E-state index contributed by atoms with van der Waals surface area (Å²) < 4.78 is 14.0. The van der Waals surface area contributed by atoms with Crippen molar-refractivity contribution in [3.05, 3.63) is 82.7 Å². The van der Waals surface area contributed by atoms with Crippen molar-refractivity contribution in [3.63, 3.8) is 0 Å². The Labute approximate surface area is 138 Å². The van der Waals surface area contributed by atoms with Crippen LogP contribution in [0.2, 0.25) is 0 Å². The molecule has 0 atom stereocenters. The van der Waals surface area contributed by atoms with Crippen LogP contribution in [0.3, 0.4) is 0 Å². The number of halogens is 1. The number of amides is 1. The highest BCUT2D eigenvalue weighted by molar-refractivity contribution is 6.06. The summed E-state index contributed by atoms with van der Waals surface area (Å²) in [6.07, 6.45) is 5.16. The van der Waals surface area contributed by atoms with Gasteiger partial charge in [-0.05, 0) is 36.8 Å². The normalized spacial score (nSPS) is 11.1. The quantitative estimate of drug-likeness (QED) is 0.382. The lowest BCUT2D eigenvalue weighted by Crippen LogP contribution is -2.14. The standard InChI is InChI=1S/C19H16FNO3/c1-13-2-6-16(7-3-13)18(22)10-9-15-8-4-14(12-17(15)20)5-11-19(23)21-24/h2-12,24H,1H3,(H,21,23). The van der Waals surface area contributed by atoms with Crippen molar-refractivity contribution in [1.82, 2.24) is 5.48 Å². The van der Waals surface area contributed by atoms with Crippen molar-refractivity contribution in [2.24, 2.45) is 0 Å². The van der Waals surface area contributed by atoms with E-state index in [9.17, 15) is 14.0 Å². The summed E-state index contributed by atoms with van der Waals surface area (Å²) in [5.41, 5.74) is 3.75. The molecule has 0 aromatic heterocycles. The summed E-state index contributed by atoms with van der Waals surface area (Å²) >= 11 is 0. The summed E-state index contributed by atoms with van der Waals surface area (Å²) in [4.78, 5) is 22.9. The lowest BCUT2D eigenvalue weighted by molar-refractivity contribution is -0.124. The van der Waals surface area contributed by atoms with Crippen LogP contribution in [0.1, 0.15) is 27.0 Å². The lowest BCUT2D eigenvalue weighted by atomic mass is 10.1. The molecule has 2 aromatic carbocycles. The average molecular weight is 325 g/mol. The van der Waals surface area contributed by atoms with Crippen LogP contribution < -0.4 is 5.48 Å². The molecule has 0 aliphatic carbocycles. The van der Waals surface area contributed by atoms with Crippen molar-refractivity contribution >= 4 is 23.8 Å². The van der Waals surface area contributed by atoms with Gasteiger partial charge in [0.15, 0.2) is 5.78 Å². The molecule has 0 aliphatic rings. The Bertz CT molecular complexity index is 808. The van der Waals surface area contributed by atoms with Gasteiger partial charge in [0.25, 0.3) is 5.91 Å². The maximum Gasteiger partial charge on any atom is 0.267 e. The Morgan fingerprint density at radius 1 is 1.04 bits per heavy atom. The van der Waals surface area contributed by atoms with E-state index in [-0.39, 0.29) is 11.3 Å². The molecule has 1 amide bonds. The van der Waals surface area contributed by atoms with E-state index in [4.69, 9.17) is 5.21 Å². The molecular formula is C19H16FNO3. The third-order valence-corrected chi connectivity index (χ3v) is 3.31. The second-order valence-electron chi connectivity index (χ2n) is 5.15. The van der Waals surface area contributed by atoms with Crippen LogP contribution in [0.5, 0.6) is 0 Å². The van der Waals surface area contributed by atoms with Crippen molar-refractivity contribution in [3.8, 4) is 0 Å². The number of aryl methyl sites for hydroxylation is 1. The van der Waals surface area contributed by atoms with Gasteiger partial charge in [0.1, 0.15) is 5.82 Å². The molecule has 24 heavy (non-hydrogen) atoms. The number of carbonyl (C=O) groups excluding carboxylic acids is 2. The smallest absolute Gasteiger partial charge is 0.267 e. The maximum absolute atomic E-state index is 14.0. The number of rotatable bonds is 5. The number of carbonyl (C=O) groups is 2. The van der Waals surface area contributed by atoms with Crippen LogP contribution in [-0.4, -0.2) is 16.9 Å². The number of hydrogen-bond acceptors (Lipinski definition) is 3. The van der Waals surface area contributed by atoms with E-state index in [0.717, 1.165) is 11.6 Å². The third-order valence-electron chi connectivity index (χ3n) is 3.31. The second kappa shape index (κ2) is 7.99. The molecule has 5 heteroatoms. The molecule has 0 spiro atoms. The molecule has 0 saturated heterocycles. The third kappa shape index (κ3) is 4.72. The van der Waals surface area contributed by atoms with E-state index in [1.54, 1.807) is 18.2 Å². The molecule has 0 bridgehead atoms. The Balaban J connectivity index is 2.12. The predicted molar refractivity (Wildman–Crippen MR) is 89.9 cm³/mol. The highest BCUT2D eigenvalue weighted by Crippen LogP contribution is 2.14. The lowest BCUT2D eigenvalue weighted by Gasteiger charge is -2.00. The summed E-state index contributed by atoms with van der Waals surface area (Å²) in [7, 11) is 0. The van der Waals surface area contributed by atoms with Crippen LogP contribution in [0.25, 0.3) is 12.2 Å². The first-order valence-electron chi connectivity index (χ1n) is 7.20. The van der Waals surface area contributed by atoms with E-state index in [1.807, 2.05) is 19.1 Å². The second-order valence-corrected chi connectivity index (χ2v) is 5.15. The van der Waals surface area contributed by atoms with Gasteiger partial charge in [0, 0.05) is 17.2 Å². The fraction of sp³-hybridized carbons (Fsp3) is 0.0526. The molecule has 0 aliphatic heterocycles. The Hall–Kier alpha value is -3.05. The van der Waals surface area contributed by atoms with Crippen molar-refractivity contribution < 1.29 is 19.2 Å². The number of hydrogen-bond donors (Lipinski definition) is 2. The van der Waals surface area contributed by atoms with Gasteiger partial charge in [-0.25, -0.2) is 9.87 Å². The Morgan fingerprint density at radius 3 is 2.38 bits per heavy atom. The van der Waals surface area contributed by atoms with E-state index in [2.05, 4.69) is 0 Å². The van der Waals surface area contributed by atoms with Gasteiger partial charge in [-0.15, -0.1) is 0 Å². The number of hydroxylamine groups is 1. The molecule has 2 aromatic rings. The van der Waals surface area contributed by atoms with Gasteiger partial charge in [-0.2, -0.15) is 0 Å². The molecule has 0 heterocycles. The molecule has 0 radical (unpaired) electrons. The largest absolute Gasteiger partial charge is 0.289 e. The van der Waals surface area contributed by atoms with E-state index in [1.165, 1.54) is 35.8 Å². The van der Waals surface area contributed by atoms with Crippen molar-refractivity contribution in [1.29, 1.82) is 0 Å². The predicted octanol–water partition coefficient (Wildman–Crippen LogP) is 3.55. The first-order valence-corrected chi connectivity index (χ1v) is 7.20. The summed E-state index contributed by atoms with van der Waals surface area (Å²) in [6, 6.07) is 11.5. The summed E-state index contributed by atoms with van der Waals surface area (Å²) in [6.45, 7) is 1.93. The van der Waals surface area contributed by atoms with E-state index < -0.39 is 11.7 Å². The molecule has 122 valence electrons. The number of benzene rings is 2. The Morgan fingerprint density at radius 2 is 1.75 bits per heavy atom. The van der Waals surface area contributed by atoms with Crippen LogP contribution in [0.15, 0.2) is 54.6 Å². The summed E-state index contributed by atoms with van der Waals surface area (Å²) in [5.74, 6) is -1.43. The number of nitrogens with one attached hydrogen (secondary N) is 1. The zero-order valence-electron chi connectivity index (χ0n) is 13.0. The van der Waals surface area contributed by atoms with E-state index in [0.29, 0.717) is 11.1 Å². The minimum absolute atomic E-state index is 0.210. The number of allylic oxidation sites excluding steroid dienone is 1. The highest BCUT2D eigenvalue weighted by atomic mass is 19.1. The minimum atomic E-state index is -0.705. The van der Waals surface area contributed by atoms with Crippen molar-refractivity contribution in [2.75, 3.05) is 0 Å². The monoisotopic (exact) mass is 325 g/mol. The zero-order valence-corrected chi connectivity index (χ0v) is 13.0. The van der Waals surface area contributed by atoms with Gasteiger partial charge in [-0.1, -0.05) is 42.0 Å². The van der Waals surface area contributed by atoms with Gasteiger partial charge < -0.3 is 0 Å². The van der Waals surface area contributed by atoms with Gasteiger partial charge >= 0.3 is 0 Å². The average Bonchev–Trinajstić information content (AvgIpc) is 2.59. The fourth-order valence-corrected chi connectivity index (χ4v) is 1.97. The molecule has 0 fully saturated rings. The van der Waals surface area contributed by atoms with Gasteiger partial charge in [0.2, 0.25) is 0 Å². The molecular weight excluding hydrogens is 309 g/mol. The SMILES string of the molecule is Cc1ccc(C(=O)C=Cc2ccc(C=CC(=O)NO)cc2F)cc1. The van der Waals surface area contributed by atoms with Gasteiger partial charge in [-0.3, -0.25) is 14.8 Å².